The Morgan fingerprint density at radius 1 is 1.25 bits per heavy atom. The molecule has 0 bridgehead atoms. The second kappa shape index (κ2) is 5.72. The molecule has 102 valence electrons. The molecule has 2 rings (SSSR count). The average molecular weight is 267 g/mol. The van der Waals surface area contributed by atoms with Crippen LogP contribution in [0.2, 0.25) is 0 Å². The molecule has 0 fully saturated rings. The second-order valence-electron chi connectivity index (χ2n) is 5.38. The van der Waals surface area contributed by atoms with Crippen molar-refractivity contribution in [1.29, 1.82) is 5.26 Å². The quantitative estimate of drug-likeness (QED) is 0.924. The van der Waals surface area contributed by atoms with E-state index >= 15 is 0 Å². The van der Waals surface area contributed by atoms with Gasteiger partial charge in [-0.2, -0.15) is 5.26 Å². The van der Waals surface area contributed by atoms with Crippen LogP contribution in [-0.4, -0.2) is 10.5 Å². The number of benzene rings is 1. The van der Waals surface area contributed by atoms with Gasteiger partial charge in [0, 0.05) is 11.7 Å². The molecule has 0 aliphatic heterocycles. The highest BCUT2D eigenvalue weighted by Crippen LogP contribution is 2.23. The van der Waals surface area contributed by atoms with Gasteiger partial charge in [-0.25, -0.2) is 4.98 Å². The van der Waals surface area contributed by atoms with Gasteiger partial charge in [-0.1, -0.05) is 12.1 Å². The van der Waals surface area contributed by atoms with E-state index in [4.69, 9.17) is 15.7 Å². The van der Waals surface area contributed by atoms with Crippen LogP contribution in [-0.2, 0) is 6.42 Å². The number of hydrogen-bond acceptors (Lipinski definition) is 4. The summed E-state index contributed by atoms with van der Waals surface area (Å²) in [7, 11) is 0. The van der Waals surface area contributed by atoms with Gasteiger partial charge in [0.15, 0.2) is 0 Å². The van der Waals surface area contributed by atoms with E-state index in [2.05, 4.69) is 11.1 Å². The first kappa shape index (κ1) is 14.0. The summed E-state index contributed by atoms with van der Waals surface area (Å²) in [6.07, 6.45) is 2.39. The first-order valence-electron chi connectivity index (χ1n) is 6.39. The number of nitrogens with zero attached hydrogens (tertiary/aromatic N) is 2. The highest BCUT2D eigenvalue weighted by molar-refractivity contribution is 5.40. The molecule has 0 aliphatic carbocycles. The highest BCUT2D eigenvalue weighted by Gasteiger charge is 2.11. The number of aromatic nitrogens is 1. The lowest BCUT2D eigenvalue weighted by atomic mass is 9.96. The third kappa shape index (κ3) is 3.81. The van der Waals surface area contributed by atoms with Gasteiger partial charge in [0.25, 0.3) is 0 Å². The van der Waals surface area contributed by atoms with E-state index in [1.807, 2.05) is 38.1 Å². The van der Waals surface area contributed by atoms with Crippen LogP contribution in [0.5, 0.6) is 11.6 Å². The minimum absolute atomic E-state index is 0.239. The van der Waals surface area contributed by atoms with E-state index in [0.717, 1.165) is 12.0 Å². The van der Waals surface area contributed by atoms with Crippen LogP contribution >= 0.6 is 0 Å². The molecular formula is C16H17N3O. The van der Waals surface area contributed by atoms with Crippen molar-refractivity contribution in [3.8, 4) is 17.7 Å². The van der Waals surface area contributed by atoms with Gasteiger partial charge in [-0.3, -0.25) is 0 Å². The van der Waals surface area contributed by atoms with Crippen molar-refractivity contribution in [1.82, 2.24) is 4.98 Å². The summed E-state index contributed by atoms with van der Waals surface area (Å²) in [5.41, 5.74) is 7.31. The van der Waals surface area contributed by atoms with Gasteiger partial charge >= 0.3 is 0 Å². The van der Waals surface area contributed by atoms with Gasteiger partial charge in [0.1, 0.15) is 17.4 Å². The average Bonchev–Trinajstić information content (AvgIpc) is 2.40. The fourth-order valence-corrected chi connectivity index (χ4v) is 1.87. The fraction of sp³-hybridized carbons (Fsp3) is 0.250. The van der Waals surface area contributed by atoms with Crippen molar-refractivity contribution < 1.29 is 4.74 Å². The molecule has 1 aromatic heterocycles. The molecule has 0 saturated carbocycles. The molecule has 2 N–H and O–H groups in total. The monoisotopic (exact) mass is 267 g/mol. The highest BCUT2D eigenvalue weighted by atomic mass is 16.5. The van der Waals surface area contributed by atoms with Crippen molar-refractivity contribution >= 4 is 0 Å². The summed E-state index contributed by atoms with van der Waals surface area (Å²) in [4.78, 5) is 4.06. The predicted octanol–water partition coefficient (Wildman–Crippen LogP) is 3.03. The number of ether oxygens (including phenoxy) is 1. The van der Waals surface area contributed by atoms with Gasteiger partial charge < -0.3 is 10.5 Å². The molecule has 2 aromatic rings. The van der Waals surface area contributed by atoms with Crippen LogP contribution in [0.4, 0.5) is 0 Å². The molecule has 4 nitrogen and oxygen atoms in total. The third-order valence-corrected chi connectivity index (χ3v) is 2.69. The Hall–Kier alpha value is -2.38. The maximum atomic E-state index is 8.98. The van der Waals surface area contributed by atoms with Crippen LogP contribution in [0.15, 0.2) is 42.6 Å². The lowest BCUT2D eigenvalue weighted by Crippen LogP contribution is -2.34. The van der Waals surface area contributed by atoms with Gasteiger partial charge in [0.2, 0.25) is 5.88 Å². The van der Waals surface area contributed by atoms with Crippen molar-refractivity contribution in [2.24, 2.45) is 5.73 Å². The summed E-state index contributed by atoms with van der Waals surface area (Å²) in [5, 5.41) is 8.98. The number of nitriles is 1. The van der Waals surface area contributed by atoms with E-state index in [0.29, 0.717) is 17.2 Å². The Balaban J connectivity index is 2.13. The van der Waals surface area contributed by atoms with Gasteiger partial charge in [-0.05, 0) is 50.1 Å². The standard InChI is InChI=1S/C16H17N3O/c1-16(2,18)10-12-5-7-14(8-6-12)20-15-13(11-17)4-3-9-19-15/h3-9H,10,18H2,1-2H3. The smallest absolute Gasteiger partial charge is 0.237 e. The van der Waals surface area contributed by atoms with Gasteiger partial charge in [0.05, 0.1) is 0 Å². The summed E-state index contributed by atoms with van der Waals surface area (Å²) >= 11 is 0. The van der Waals surface area contributed by atoms with Crippen molar-refractivity contribution in [2.45, 2.75) is 25.8 Å². The first-order chi connectivity index (χ1) is 9.48. The van der Waals surface area contributed by atoms with Crippen molar-refractivity contribution in [3.63, 3.8) is 0 Å². The molecule has 1 aromatic carbocycles. The zero-order valence-electron chi connectivity index (χ0n) is 11.6. The second-order valence-corrected chi connectivity index (χ2v) is 5.38. The summed E-state index contributed by atoms with van der Waals surface area (Å²) in [6.45, 7) is 3.98. The van der Waals surface area contributed by atoms with E-state index in [9.17, 15) is 0 Å². The maximum absolute atomic E-state index is 8.98. The SMILES string of the molecule is CC(C)(N)Cc1ccc(Oc2ncccc2C#N)cc1. The molecule has 0 saturated heterocycles. The Morgan fingerprint density at radius 2 is 1.95 bits per heavy atom. The number of rotatable bonds is 4. The van der Waals surface area contributed by atoms with Crippen LogP contribution in [0.25, 0.3) is 0 Å². The predicted molar refractivity (Wildman–Crippen MR) is 77.4 cm³/mol. The minimum atomic E-state index is -0.239. The molecular weight excluding hydrogens is 250 g/mol. The largest absolute Gasteiger partial charge is 0.438 e. The number of nitrogens with two attached hydrogens (primary N) is 1. The zero-order valence-corrected chi connectivity index (χ0v) is 11.6. The van der Waals surface area contributed by atoms with Crippen molar-refractivity contribution in [3.05, 3.63) is 53.7 Å². The Bertz CT molecular complexity index is 621. The molecule has 0 spiro atoms. The lowest BCUT2D eigenvalue weighted by molar-refractivity contribution is 0.460. The normalized spacial score (nSPS) is 10.9. The summed E-state index contributed by atoms with van der Waals surface area (Å²) < 4.78 is 5.62. The minimum Gasteiger partial charge on any atom is -0.438 e. The number of pyridine rings is 1. The van der Waals surface area contributed by atoms with E-state index in [1.165, 1.54) is 0 Å². The van der Waals surface area contributed by atoms with Crippen LogP contribution in [0.3, 0.4) is 0 Å². The molecule has 0 radical (unpaired) electrons. The maximum Gasteiger partial charge on any atom is 0.237 e. The fourth-order valence-electron chi connectivity index (χ4n) is 1.87. The van der Waals surface area contributed by atoms with Crippen LogP contribution in [0, 0.1) is 11.3 Å². The number of hydrogen-bond donors (Lipinski definition) is 1. The van der Waals surface area contributed by atoms with Crippen molar-refractivity contribution in [2.75, 3.05) is 0 Å². The third-order valence-electron chi connectivity index (χ3n) is 2.69. The zero-order chi connectivity index (χ0) is 14.6. The molecule has 4 heteroatoms. The van der Waals surface area contributed by atoms with E-state index in [-0.39, 0.29) is 5.54 Å². The Morgan fingerprint density at radius 3 is 2.55 bits per heavy atom. The Kier molecular flexibility index (Phi) is 4.02. The van der Waals surface area contributed by atoms with Crippen LogP contribution < -0.4 is 10.5 Å². The molecule has 1 heterocycles. The Labute approximate surface area is 118 Å². The summed E-state index contributed by atoms with van der Waals surface area (Å²) in [5.74, 6) is 0.973. The molecule has 0 amide bonds. The molecule has 0 atom stereocenters. The lowest BCUT2D eigenvalue weighted by Gasteiger charge is -2.18. The van der Waals surface area contributed by atoms with Crippen LogP contribution in [0.1, 0.15) is 25.0 Å². The summed E-state index contributed by atoms with van der Waals surface area (Å²) in [6, 6.07) is 13.1. The van der Waals surface area contributed by atoms with E-state index in [1.54, 1.807) is 18.3 Å². The first-order valence-corrected chi connectivity index (χ1v) is 6.39. The van der Waals surface area contributed by atoms with E-state index < -0.39 is 0 Å². The molecule has 20 heavy (non-hydrogen) atoms. The molecule has 0 unspecified atom stereocenters. The molecule has 0 aliphatic rings. The topological polar surface area (TPSA) is 71.9 Å². The van der Waals surface area contributed by atoms with Gasteiger partial charge in [-0.15, -0.1) is 0 Å².